The van der Waals surface area contributed by atoms with E-state index in [2.05, 4.69) is 40.3 Å². The number of anilines is 1. The summed E-state index contributed by atoms with van der Waals surface area (Å²) in [6.07, 6.45) is 0. The monoisotopic (exact) mass is 425 g/mol. The number of aryl methyl sites for hydroxylation is 1. The van der Waals surface area contributed by atoms with Crippen molar-refractivity contribution in [1.29, 1.82) is 0 Å². The molecule has 2 aromatic rings. The molecule has 0 bridgehead atoms. The number of rotatable bonds is 5. The van der Waals surface area contributed by atoms with Gasteiger partial charge >= 0.3 is 11.9 Å². The molecule has 0 unspecified atom stereocenters. The summed E-state index contributed by atoms with van der Waals surface area (Å²) in [4.78, 5) is 18.2. The second kappa shape index (κ2) is 10.3. The quantitative estimate of drug-likeness (QED) is 0.628. The summed E-state index contributed by atoms with van der Waals surface area (Å²) in [6, 6.07) is 12.1. The minimum Gasteiger partial charge on any atom is -0.493 e. The Hall–Kier alpha value is -2.74. The summed E-state index contributed by atoms with van der Waals surface area (Å²) in [5, 5.41) is 18.2. The lowest BCUT2D eigenvalue weighted by atomic mass is 10.1. The molecule has 0 radical (unpaired) electrons. The Morgan fingerprint density at radius 3 is 2.12 bits per heavy atom. The Labute approximate surface area is 159 Å². The van der Waals surface area contributed by atoms with Gasteiger partial charge in [0.25, 0.3) is 0 Å². The lowest BCUT2D eigenvalue weighted by Gasteiger charge is -2.12. The van der Waals surface area contributed by atoms with Crippen molar-refractivity contribution in [1.82, 2.24) is 0 Å². The lowest BCUT2D eigenvalue weighted by Crippen LogP contribution is -2.09. The van der Waals surface area contributed by atoms with Crippen LogP contribution in [0.4, 0.5) is 5.69 Å². The molecule has 3 N–H and O–H groups in total. The van der Waals surface area contributed by atoms with Crippen LogP contribution in [0.2, 0.25) is 0 Å². The van der Waals surface area contributed by atoms with Crippen LogP contribution in [0.1, 0.15) is 11.1 Å². The van der Waals surface area contributed by atoms with Gasteiger partial charge in [-0.2, -0.15) is 0 Å². The van der Waals surface area contributed by atoms with Crippen molar-refractivity contribution in [2.45, 2.75) is 13.5 Å². The average molecular weight is 426 g/mol. The number of methoxy groups -OCH3 is 2. The van der Waals surface area contributed by atoms with Gasteiger partial charge in [0, 0.05) is 16.7 Å². The molecule has 0 amide bonds. The fourth-order valence-corrected chi connectivity index (χ4v) is 2.49. The molecular weight excluding hydrogens is 406 g/mol. The van der Waals surface area contributed by atoms with Gasteiger partial charge in [0.15, 0.2) is 11.5 Å². The molecule has 140 valence electrons. The molecule has 26 heavy (non-hydrogen) atoms. The molecule has 0 fully saturated rings. The maximum absolute atomic E-state index is 9.10. The van der Waals surface area contributed by atoms with Gasteiger partial charge in [0.2, 0.25) is 0 Å². The van der Waals surface area contributed by atoms with Gasteiger partial charge in [-0.05, 0) is 48.4 Å². The van der Waals surface area contributed by atoms with Gasteiger partial charge in [-0.15, -0.1) is 0 Å². The number of ether oxygens (including phenoxy) is 2. The van der Waals surface area contributed by atoms with Crippen molar-refractivity contribution in [2.75, 3.05) is 19.5 Å². The molecule has 0 atom stereocenters. The third kappa shape index (κ3) is 6.64. The Balaban J connectivity index is 0.000000487. The van der Waals surface area contributed by atoms with E-state index in [0.717, 1.165) is 33.8 Å². The number of carboxylic acids is 2. The van der Waals surface area contributed by atoms with Crippen LogP contribution >= 0.6 is 15.9 Å². The second-order valence-corrected chi connectivity index (χ2v) is 6.03. The molecule has 0 saturated heterocycles. The molecule has 0 aliphatic heterocycles. The first-order valence-corrected chi connectivity index (χ1v) is 8.25. The SMILES string of the molecule is COc1ccc(CNc2ccc(Br)cc2C)cc1OC.O=C(O)C(=O)O. The first kappa shape index (κ1) is 21.3. The summed E-state index contributed by atoms with van der Waals surface area (Å²) >= 11 is 3.47. The summed E-state index contributed by atoms with van der Waals surface area (Å²) < 4.78 is 11.6. The highest BCUT2D eigenvalue weighted by Gasteiger charge is 2.05. The highest BCUT2D eigenvalue weighted by molar-refractivity contribution is 9.10. The first-order valence-electron chi connectivity index (χ1n) is 7.45. The third-order valence-electron chi connectivity index (χ3n) is 3.30. The van der Waals surface area contributed by atoms with Crippen LogP contribution in [0.3, 0.4) is 0 Å². The van der Waals surface area contributed by atoms with Crippen molar-refractivity contribution in [3.8, 4) is 11.5 Å². The van der Waals surface area contributed by atoms with Crippen LogP contribution in [0, 0.1) is 6.92 Å². The van der Waals surface area contributed by atoms with E-state index in [4.69, 9.17) is 29.3 Å². The van der Waals surface area contributed by atoms with Crippen LogP contribution < -0.4 is 14.8 Å². The zero-order chi connectivity index (χ0) is 19.7. The van der Waals surface area contributed by atoms with E-state index in [1.807, 2.05) is 24.3 Å². The topological polar surface area (TPSA) is 105 Å². The molecule has 0 heterocycles. The predicted octanol–water partition coefficient (Wildman–Crippen LogP) is 3.54. The molecule has 2 rings (SSSR count). The summed E-state index contributed by atoms with van der Waals surface area (Å²) in [7, 11) is 3.29. The Morgan fingerprint density at radius 2 is 1.62 bits per heavy atom. The molecule has 7 nitrogen and oxygen atoms in total. The van der Waals surface area contributed by atoms with Crippen molar-refractivity contribution < 1.29 is 29.3 Å². The fraction of sp³-hybridized carbons (Fsp3) is 0.222. The fourth-order valence-electron chi connectivity index (χ4n) is 2.01. The Bertz CT molecular complexity index is 766. The van der Waals surface area contributed by atoms with Gasteiger partial charge in [0.05, 0.1) is 14.2 Å². The van der Waals surface area contributed by atoms with Gasteiger partial charge < -0.3 is 25.0 Å². The minimum atomic E-state index is -1.82. The van der Waals surface area contributed by atoms with Gasteiger partial charge in [-0.3, -0.25) is 0 Å². The number of halogens is 1. The Kier molecular flexibility index (Phi) is 8.44. The van der Waals surface area contributed by atoms with Crippen molar-refractivity contribution in [2.24, 2.45) is 0 Å². The van der Waals surface area contributed by atoms with Gasteiger partial charge in [-0.1, -0.05) is 22.0 Å². The van der Waals surface area contributed by atoms with Crippen LogP contribution in [0.25, 0.3) is 0 Å². The maximum Gasteiger partial charge on any atom is 0.414 e. The number of aliphatic carboxylic acids is 2. The standard InChI is InChI=1S/C16H18BrNO2.C2H2O4/c1-11-8-13(17)5-6-14(11)18-10-12-4-7-15(19-2)16(9-12)20-3;3-1(4)2(5)6/h4-9,18H,10H2,1-3H3;(H,3,4)(H,5,6). The third-order valence-corrected chi connectivity index (χ3v) is 3.80. The van der Waals surface area contributed by atoms with E-state index in [-0.39, 0.29) is 0 Å². The normalized spacial score (nSPS) is 9.54. The zero-order valence-corrected chi connectivity index (χ0v) is 16.2. The molecule has 0 aliphatic rings. The second-order valence-electron chi connectivity index (χ2n) is 5.11. The summed E-state index contributed by atoms with van der Waals surface area (Å²) in [5.74, 6) is -2.15. The Morgan fingerprint density at radius 1 is 1.00 bits per heavy atom. The smallest absolute Gasteiger partial charge is 0.414 e. The van der Waals surface area contributed by atoms with Crippen LogP contribution in [0.15, 0.2) is 40.9 Å². The van der Waals surface area contributed by atoms with Gasteiger partial charge in [0.1, 0.15) is 0 Å². The van der Waals surface area contributed by atoms with Crippen molar-refractivity contribution >= 4 is 33.6 Å². The van der Waals surface area contributed by atoms with Crippen LogP contribution in [-0.4, -0.2) is 36.4 Å². The minimum absolute atomic E-state index is 0.739. The van der Waals surface area contributed by atoms with Crippen LogP contribution in [0.5, 0.6) is 11.5 Å². The van der Waals surface area contributed by atoms with E-state index in [1.165, 1.54) is 5.56 Å². The number of carbonyl (C=O) groups is 2. The number of nitrogens with one attached hydrogen (secondary N) is 1. The van der Waals surface area contributed by atoms with E-state index in [9.17, 15) is 0 Å². The summed E-state index contributed by atoms with van der Waals surface area (Å²) in [6.45, 7) is 2.82. The van der Waals surface area contributed by atoms with Crippen LogP contribution in [-0.2, 0) is 16.1 Å². The molecule has 8 heteroatoms. The molecule has 0 spiro atoms. The highest BCUT2D eigenvalue weighted by atomic mass is 79.9. The lowest BCUT2D eigenvalue weighted by molar-refractivity contribution is -0.159. The maximum atomic E-state index is 9.10. The summed E-state index contributed by atoms with van der Waals surface area (Å²) in [5.41, 5.74) is 3.48. The van der Waals surface area contributed by atoms with Crippen molar-refractivity contribution in [3.63, 3.8) is 0 Å². The highest BCUT2D eigenvalue weighted by Crippen LogP contribution is 2.28. The zero-order valence-electron chi connectivity index (χ0n) is 14.6. The number of hydrogen-bond acceptors (Lipinski definition) is 5. The molecule has 0 aliphatic carbocycles. The van der Waals surface area contributed by atoms with Crippen molar-refractivity contribution in [3.05, 3.63) is 52.0 Å². The molecule has 0 aromatic heterocycles. The van der Waals surface area contributed by atoms with E-state index < -0.39 is 11.9 Å². The van der Waals surface area contributed by atoms with E-state index >= 15 is 0 Å². The van der Waals surface area contributed by atoms with Gasteiger partial charge in [-0.25, -0.2) is 9.59 Å². The number of hydrogen-bond donors (Lipinski definition) is 3. The largest absolute Gasteiger partial charge is 0.493 e. The molecule has 0 saturated carbocycles. The number of benzene rings is 2. The predicted molar refractivity (Wildman–Crippen MR) is 101 cm³/mol. The van der Waals surface area contributed by atoms with E-state index in [0.29, 0.717) is 0 Å². The molecule has 2 aromatic carbocycles. The first-order chi connectivity index (χ1) is 12.3. The average Bonchev–Trinajstić information content (AvgIpc) is 2.61. The van der Waals surface area contributed by atoms with E-state index in [1.54, 1.807) is 14.2 Å². The number of carboxylic acid groups (broad SMARTS) is 2. The molecular formula is C18H20BrNO6.